The number of rotatable bonds is 5. The van der Waals surface area contributed by atoms with Crippen LogP contribution in [0.5, 0.6) is 0 Å². The van der Waals surface area contributed by atoms with Gasteiger partial charge in [-0.1, -0.05) is 12.1 Å². The van der Waals surface area contributed by atoms with Gasteiger partial charge >= 0.3 is 5.97 Å². The standard InChI is InChI=1S/C15H17N3O3/c1-8-3-2-4-10-12(8)17-11(18-14(10)19)7-16-13(15(20)21)9-5-6-9/h2-4,9,13,16H,5-7H2,1H3,(H,20,21)(H,17,18,19). The van der Waals surface area contributed by atoms with Crippen LogP contribution in [0.15, 0.2) is 23.0 Å². The number of aliphatic carboxylic acids is 1. The summed E-state index contributed by atoms with van der Waals surface area (Å²) in [4.78, 5) is 30.4. The molecule has 110 valence electrons. The lowest BCUT2D eigenvalue weighted by Gasteiger charge is -2.13. The second-order valence-electron chi connectivity index (χ2n) is 5.52. The summed E-state index contributed by atoms with van der Waals surface area (Å²) >= 11 is 0. The summed E-state index contributed by atoms with van der Waals surface area (Å²) in [5, 5.41) is 12.7. The second-order valence-corrected chi connectivity index (χ2v) is 5.52. The Balaban J connectivity index is 1.86. The first kappa shape index (κ1) is 13.8. The van der Waals surface area contributed by atoms with Crippen molar-refractivity contribution in [3.63, 3.8) is 0 Å². The van der Waals surface area contributed by atoms with Crippen molar-refractivity contribution < 1.29 is 9.90 Å². The Kier molecular flexibility index (Phi) is 3.47. The smallest absolute Gasteiger partial charge is 0.320 e. The van der Waals surface area contributed by atoms with Crippen molar-refractivity contribution in [1.82, 2.24) is 15.3 Å². The predicted octanol–water partition coefficient (Wildman–Crippen LogP) is 1.18. The average molecular weight is 287 g/mol. The zero-order valence-corrected chi connectivity index (χ0v) is 11.7. The molecular formula is C15H17N3O3. The molecule has 1 aliphatic rings. The monoisotopic (exact) mass is 287 g/mol. The molecule has 2 aromatic rings. The highest BCUT2D eigenvalue weighted by atomic mass is 16.4. The van der Waals surface area contributed by atoms with E-state index in [1.807, 2.05) is 19.1 Å². The van der Waals surface area contributed by atoms with E-state index in [-0.39, 0.29) is 18.0 Å². The maximum absolute atomic E-state index is 12.0. The highest BCUT2D eigenvalue weighted by Gasteiger charge is 2.35. The van der Waals surface area contributed by atoms with Crippen molar-refractivity contribution in [3.05, 3.63) is 39.9 Å². The van der Waals surface area contributed by atoms with E-state index in [9.17, 15) is 14.7 Å². The minimum Gasteiger partial charge on any atom is -0.480 e. The van der Waals surface area contributed by atoms with Crippen LogP contribution in [0.2, 0.25) is 0 Å². The molecule has 1 aromatic heterocycles. The van der Waals surface area contributed by atoms with E-state index in [2.05, 4.69) is 15.3 Å². The SMILES string of the molecule is Cc1cccc2c(=O)[nH]c(CNC(C(=O)O)C3CC3)nc12. The summed E-state index contributed by atoms with van der Waals surface area (Å²) in [6, 6.07) is 4.88. The number of benzene rings is 1. The van der Waals surface area contributed by atoms with Crippen LogP contribution in [0.25, 0.3) is 10.9 Å². The summed E-state index contributed by atoms with van der Waals surface area (Å²) in [7, 11) is 0. The Morgan fingerprint density at radius 2 is 2.29 bits per heavy atom. The minimum atomic E-state index is -0.850. The van der Waals surface area contributed by atoms with Crippen LogP contribution in [0.1, 0.15) is 24.2 Å². The summed E-state index contributed by atoms with van der Waals surface area (Å²) in [5.74, 6) is -0.193. The molecule has 3 N–H and O–H groups in total. The number of para-hydroxylation sites is 1. The van der Waals surface area contributed by atoms with E-state index in [1.165, 1.54) is 0 Å². The fourth-order valence-corrected chi connectivity index (χ4v) is 2.53. The molecule has 0 radical (unpaired) electrons. The number of nitrogens with one attached hydrogen (secondary N) is 2. The van der Waals surface area contributed by atoms with Crippen LogP contribution >= 0.6 is 0 Å². The third-order valence-electron chi connectivity index (χ3n) is 3.84. The number of carboxylic acids is 1. The van der Waals surface area contributed by atoms with Crippen LogP contribution in [-0.2, 0) is 11.3 Å². The predicted molar refractivity (Wildman–Crippen MR) is 78.1 cm³/mol. The topological polar surface area (TPSA) is 95.1 Å². The Labute approximate surface area is 121 Å². The van der Waals surface area contributed by atoms with Gasteiger partial charge in [-0.3, -0.25) is 14.9 Å². The summed E-state index contributed by atoms with van der Waals surface area (Å²) in [5.41, 5.74) is 1.40. The lowest BCUT2D eigenvalue weighted by atomic mass is 10.1. The van der Waals surface area contributed by atoms with Crippen LogP contribution < -0.4 is 10.9 Å². The van der Waals surface area contributed by atoms with E-state index in [0.717, 1.165) is 18.4 Å². The molecule has 1 aliphatic carbocycles. The van der Waals surface area contributed by atoms with Gasteiger partial charge in [0.2, 0.25) is 0 Å². The van der Waals surface area contributed by atoms with Crippen LogP contribution in [-0.4, -0.2) is 27.1 Å². The molecule has 0 amide bonds. The maximum Gasteiger partial charge on any atom is 0.320 e. The molecule has 6 nitrogen and oxygen atoms in total. The fourth-order valence-electron chi connectivity index (χ4n) is 2.53. The number of H-pyrrole nitrogens is 1. The normalized spacial score (nSPS) is 16.0. The number of aryl methyl sites for hydroxylation is 1. The number of hydrogen-bond donors (Lipinski definition) is 3. The number of fused-ring (bicyclic) bond motifs is 1. The molecule has 1 saturated carbocycles. The van der Waals surface area contributed by atoms with E-state index in [1.54, 1.807) is 6.07 Å². The molecule has 6 heteroatoms. The highest BCUT2D eigenvalue weighted by Crippen LogP contribution is 2.32. The second kappa shape index (κ2) is 5.29. The van der Waals surface area contributed by atoms with Crippen molar-refractivity contribution in [3.8, 4) is 0 Å². The molecule has 0 bridgehead atoms. The van der Waals surface area contributed by atoms with Crippen molar-refractivity contribution in [1.29, 1.82) is 0 Å². The van der Waals surface area contributed by atoms with Gasteiger partial charge in [0.25, 0.3) is 5.56 Å². The summed E-state index contributed by atoms with van der Waals surface area (Å²) in [6.45, 7) is 2.14. The molecule has 1 fully saturated rings. The Morgan fingerprint density at radius 1 is 1.52 bits per heavy atom. The van der Waals surface area contributed by atoms with E-state index in [0.29, 0.717) is 16.7 Å². The molecule has 1 aromatic carbocycles. The third kappa shape index (κ3) is 2.80. The van der Waals surface area contributed by atoms with Crippen LogP contribution in [0.3, 0.4) is 0 Å². The fraction of sp³-hybridized carbons (Fsp3) is 0.400. The van der Waals surface area contributed by atoms with E-state index in [4.69, 9.17) is 0 Å². The lowest BCUT2D eigenvalue weighted by molar-refractivity contribution is -0.140. The van der Waals surface area contributed by atoms with Crippen molar-refractivity contribution in [2.75, 3.05) is 0 Å². The number of nitrogens with zero attached hydrogens (tertiary/aromatic N) is 1. The quantitative estimate of drug-likeness (QED) is 0.767. The van der Waals surface area contributed by atoms with Crippen molar-refractivity contribution in [2.24, 2.45) is 5.92 Å². The highest BCUT2D eigenvalue weighted by molar-refractivity contribution is 5.80. The van der Waals surface area contributed by atoms with Gasteiger partial charge in [-0.05, 0) is 37.3 Å². The molecule has 0 aliphatic heterocycles. The molecule has 0 spiro atoms. The minimum absolute atomic E-state index is 0.191. The molecule has 21 heavy (non-hydrogen) atoms. The Bertz CT molecular complexity index is 749. The molecule has 1 atom stereocenters. The Hall–Kier alpha value is -2.21. The maximum atomic E-state index is 12.0. The first-order chi connectivity index (χ1) is 10.1. The number of aromatic amines is 1. The van der Waals surface area contributed by atoms with Gasteiger partial charge in [0.15, 0.2) is 0 Å². The molecule has 3 rings (SSSR count). The average Bonchev–Trinajstić information content (AvgIpc) is 3.24. The largest absolute Gasteiger partial charge is 0.480 e. The molecule has 0 saturated heterocycles. The van der Waals surface area contributed by atoms with Gasteiger partial charge in [-0.2, -0.15) is 0 Å². The third-order valence-corrected chi connectivity index (χ3v) is 3.84. The molecule has 1 heterocycles. The van der Waals surface area contributed by atoms with Crippen molar-refractivity contribution >= 4 is 16.9 Å². The van der Waals surface area contributed by atoms with Gasteiger partial charge in [-0.15, -0.1) is 0 Å². The first-order valence-corrected chi connectivity index (χ1v) is 7.01. The molecule has 1 unspecified atom stereocenters. The first-order valence-electron chi connectivity index (χ1n) is 7.01. The van der Waals surface area contributed by atoms with Gasteiger partial charge in [0.1, 0.15) is 11.9 Å². The summed E-state index contributed by atoms with van der Waals surface area (Å²) in [6.07, 6.45) is 1.87. The van der Waals surface area contributed by atoms with Gasteiger partial charge in [0.05, 0.1) is 17.4 Å². The van der Waals surface area contributed by atoms with E-state index < -0.39 is 12.0 Å². The van der Waals surface area contributed by atoms with Gasteiger partial charge in [0, 0.05) is 0 Å². The van der Waals surface area contributed by atoms with E-state index >= 15 is 0 Å². The van der Waals surface area contributed by atoms with Gasteiger partial charge < -0.3 is 10.1 Å². The number of carboxylic acid groups (broad SMARTS) is 1. The van der Waals surface area contributed by atoms with Gasteiger partial charge in [-0.25, -0.2) is 4.98 Å². The number of aromatic nitrogens is 2. The van der Waals surface area contributed by atoms with Crippen LogP contribution in [0.4, 0.5) is 0 Å². The number of hydrogen-bond acceptors (Lipinski definition) is 4. The van der Waals surface area contributed by atoms with Crippen LogP contribution in [0, 0.1) is 12.8 Å². The molecular weight excluding hydrogens is 270 g/mol. The zero-order chi connectivity index (χ0) is 15.0. The zero-order valence-electron chi connectivity index (χ0n) is 11.7. The lowest BCUT2D eigenvalue weighted by Crippen LogP contribution is -2.38. The number of carbonyl (C=O) groups is 1. The Morgan fingerprint density at radius 3 is 2.95 bits per heavy atom. The summed E-state index contributed by atoms with van der Waals surface area (Å²) < 4.78 is 0. The van der Waals surface area contributed by atoms with Crippen molar-refractivity contribution in [2.45, 2.75) is 32.4 Å².